The molecule has 0 unspecified atom stereocenters. The molecule has 0 spiro atoms. The normalized spacial score (nSPS) is 10.3. The fourth-order valence-corrected chi connectivity index (χ4v) is 2.36. The van der Waals surface area contributed by atoms with Crippen LogP contribution in [0.3, 0.4) is 0 Å². The first-order chi connectivity index (χ1) is 8.95. The van der Waals surface area contributed by atoms with E-state index in [-0.39, 0.29) is 10.7 Å². The average Bonchev–Trinajstić information content (AvgIpc) is 2.26. The molecule has 0 amide bonds. The van der Waals surface area contributed by atoms with Gasteiger partial charge in [0.15, 0.2) is 0 Å². The van der Waals surface area contributed by atoms with Crippen LogP contribution in [0.1, 0.15) is 5.56 Å². The number of ether oxygens (including phenoxy) is 1. The lowest BCUT2D eigenvalue weighted by atomic mass is 10.2. The molecule has 2 nitrogen and oxygen atoms in total. The van der Waals surface area contributed by atoms with Gasteiger partial charge >= 0.3 is 0 Å². The van der Waals surface area contributed by atoms with E-state index < -0.39 is 11.6 Å². The van der Waals surface area contributed by atoms with E-state index in [1.165, 1.54) is 0 Å². The Morgan fingerprint density at radius 3 is 2.21 bits per heavy atom. The van der Waals surface area contributed by atoms with Crippen molar-refractivity contribution in [2.75, 3.05) is 0 Å². The third kappa shape index (κ3) is 3.48. The highest BCUT2D eigenvalue weighted by molar-refractivity contribution is 9.10. The summed E-state index contributed by atoms with van der Waals surface area (Å²) in [7, 11) is 0. The lowest BCUT2D eigenvalue weighted by molar-refractivity contribution is 0.468. The third-order valence-electron chi connectivity index (χ3n) is 2.28. The van der Waals surface area contributed by atoms with Gasteiger partial charge in [-0.2, -0.15) is 0 Å². The van der Waals surface area contributed by atoms with Crippen molar-refractivity contribution in [3.63, 3.8) is 0 Å². The Bertz CT molecular complexity index is 628. The Morgan fingerprint density at radius 2 is 1.68 bits per heavy atom. The van der Waals surface area contributed by atoms with Crippen molar-refractivity contribution in [2.24, 2.45) is 5.73 Å². The molecule has 0 saturated carbocycles. The smallest absolute Gasteiger partial charge is 0.133 e. The summed E-state index contributed by atoms with van der Waals surface area (Å²) in [5.41, 5.74) is 6.18. The minimum absolute atomic E-state index is 0.0764. The zero-order valence-electron chi connectivity index (χ0n) is 9.49. The van der Waals surface area contributed by atoms with Crippen molar-refractivity contribution in [2.45, 2.75) is 0 Å². The van der Waals surface area contributed by atoms with Gasteiger partial charge in [-0.25, -0.2) is 8.78 Å². The van der Waals surface area contributed by atoms with E-state index in [2.05, 4.69) is 15.9 Å². The largest absolute Gasteiger partial charge is 0.457 e. The molecule has 0 aliphatic rings. The summed E-state index contributed by atoms with van der Waals surface area (Å²) in [6.07, 6.45) is 0. The molecule has 0 aliphatic carbocycles. The molecule has 0 aliphatic heterocycles. The van der Waals surface area contributed by atoms with E-state index in [1.807, 2.05) is 0 Å². The van der Waals surface area contributed by atoms with Crippen molar-refractivity contribution < 1.29 is 13.5 Å². The lowest BCUT2D eigenvalue weighted by Crippen LogP contribution is -2.09. The molecule has 0 bridgehead atoms. The Kier molecular flexibility index (Phi) is 4.11. The minimum Gasteiger partial charge on any atom is -0.457 e. The second-order valence-corrected chi connectivity index (χ2v) is 5.01. The predicted octanol–water partition coefficient (Wildman–Crippen LogP) is 4.15. The molecule has 2 aromatic rings. The van der Waals surface area contributed by atoms with Crippen LogP contribution in [0.25, 0.3) is 0 Å². The second kappa shape index (κ2) is 5.63. The predicted molar refractivity (Wildman–Crippen MR) is 76.5 cm³/mol. The topological polar surface area (TPSA) is 35.2 Å². The van der Waals surface area contributed by atoms with Crippen LogP contribution in [0.4, 0.5) is 8.78 Å². The molecular formula is C13H8BrF2NOS. The van der Waals surface area contributed by atoms with Gasteiger partial charge in [0.25, 0.3) is 0 Å². The van der Waals surface area contributed by atoms with Gasteiger partial charge < -0.3 is 10.5 Å². The summed E-state index contributed by atoms with van der Waals surface area (Å²) in [6.45, 7) is 0. The van der Waals surface area contributed by atoms with Crippen LogP contribution >= 0.6 is 28.1 Å². The minimum atomic E-state index is -0.700. The number of benzene rings is 2. The van der Waals surface area contributed by atoms with Crippen LogP contribution in [-0.2, 0) is 0 Å². The zero-order chi connectivity index (χ0) is 14.0. The first-order valence-electron chi connectivity index (χ1n) is 5.19. The van der Waals surface area contributed by atoms with Gasteiger partial charge in [0, 0.05) is 28.2 Å². The molecule has 2 rings (SSSR count). The maximum atomic E-state index is 13.0. The third-order valence-corrected chi connectivity index (χ3v) is 3.15. The lowest BCUT2D eigenvalue weighted by Gasteiger charge is -2.08. The summed E-state index contributed by atoms with van der Waals surface area (Å²) >= 11 is 8.16. The van der Waals surface area contributed by atoms with Gasteiger partial charge in [0.05, 0.1) is 0 Å². The van der Waals surface area contributed by atoms with Gasteiger partial charge in [0.2, 0.25) is 0 Å². The Balaban J connectivity index is 2.28. The van der Waals surface area contributed by atoms with Crippen molar-refractivity contribution >= 4 is 33.1 Å². The maximum Gasteiger partial charge on any atom is 0.133 e. The summed E-state index contributed by atoms with van der Waals surface area (Å²) in [5, 5.41) is 0. The zero-order valence-corrected chi connectivity index (χ0v) is 11.9. The molecule has 0 saturated heterocycles. The van der Waals surface area contributed by atoms with Crippen LogP contribution in [0.15, 0.2) is 40.9 Å². The number of thiocarbonyl (C=S) groups is 1. The highest BCUT2D eigenvalue weighted by Gasteiger charge is 2.07. The van der Waals surface area contributed by atoms with Gasteiger partial charge in [-0.05, 0) is 34.1 Å². The van der Waals surface area contributed by atoms with E-state index in [1.54, 1.807) is 18.2 Å². The fourth-order valence-electron chi connectivity index (χ4n) is 1.48. The molecular weight excluding hydrogens is 336 g/mol. The van der Waals surface area contributed by atoms with Crippen LogP contribution in [0.2, 0.25) is 0 Å². The van der Waals surface area contributed by atoms with Crippen LogP contribution in [0.5, 0.6) is 11.5 Å². The van der Waals surface area contributed by atoms with E-state index in [4.69, 9.17) is 22.7 Å². The van der Waals surface area contributed by atoms with E-state index in [0.29, 0.717) is 15.8 Å². The molecule has 0 heterocycles. The Hall–Kier alpha value is -1.53. The highest BCUT2D eigenvalue weighted by atomic mass is 79.9. The molecule has 0 fully saturated rings. The molecule has 6 heteroatoms. The van der Waals surface area contributed by atoms with Crippen molar-refractivity contribution in [3.8, 4) is 11.5 Å². The van der Waals surface area contributed by atoms with E-state index in [0.717, 1.165) is 18.2 Å². The molecule has 0 aromatic heterocycles. The summed E-state index contributed by atoms with van der Waals surface area (Å²) in [6, 6.07) is 7.87. The first-order valence-corrected chi connectivity index (χ1v) is 6.39. The molecule has 0 radical (unpaired) electrons. The number of hydrogen-bond acceptors (Lipinski definition) is 2. The SMILES string of the molecule is NC(=S)c1ccc(Oc2cc(F)cc(F)c2)cc1Br. The summed E-state index contributed by atoms with van der Waals surface area (Å²) in [4.78, 5) is 0.246. The number of hydrogen-bond donors (Lipinski definition) is 1. The van der Waals surface area contributed by atoms with Gasteiger partial charge in [-0.1, -0.05) is 12.2 Å². The highest BCUT2D eigenvalue weighted by Crippen LogP contribution is 2.28. The molecule has 19 heavy (non-hydrogen) atoms. The Labute approximate surface area is 122 Å². The first kappa shape index (κ1) is 13.9. The van der Waals surface area contributed by atoms with Crippen molar-refractivity contribution in [1.82, 2.24) is 0 Å². The maximum absolute atomic E-state index is 13.0. The van der Waals surface area contributed by atoms with Crippen LogP contribution in [0, 0.1) is 11.6 Å². The van der Waals surface area contributed by atoms with Crippen LogP contribution in [-0.4, -0.2) is 4.99 Å². The van der Waals surface area contributed by atoms with Crippen molar-refractivity contribution in [3.05, 3.63) is 58.1 Å². The number of halogens is 3. The quantitative estimate of drug-likeness (QED) is 0.850. The summed E-state index contributed by atoms with van der Waals surface area (Å²) in [5.74, 6) is -0.910. The molecule has 2 aromatic carbocycles. The average molecular weight is 344 g/mol. The monoisotopic (exact) mass is 343 g/mol. The van der Waals surface area contributed by atoms with Crippen molar-refractivity contribution in [1.29, 1.82) is 0 Å². The Morgan fingerprint density at radius 1 is 1.05 bits per heavy atom. The standard InChI is InChI=1S/C13H8BrF2NOS/c14-12-6-9(1-2-11(12)13(17)19)18-10-4-7(15)3-8(16)5-10/h1-6H,(H2,17,19). The van der Waals surface area contributed by atoms with E-state index >= 15 is 0 Å². The molecule has 0 atom stereocenters. The number of rotatable bonds is 3. The molecule has 2 N–H and O–H groups in total. The van der Waals surface area contributed by atoms with Gasteiger partial charge in [0.1, 0.15) is 28.1 Å². The fraction of sp³-hybridized carbons (Fsp3) is 0. The molecule has 98 valence electrons. The van der Waals surface area contributed by atoms with Crippen LogP contribution < -0.4 is 10.5 Å². The van der Waals surface area contributed by atoms with Gasteiger partial charge in [-0.3, -0.25) is 0 Å². The van der Waals surface area contributed by atoms with E-state index in [9.17, 15) is 8.78 Å². The second-order valence-electron chi connectivity index (χ2n) is 3.71. The van der Waals surface area contributed by atoms with Gasteiger partial charge in [-0.15, -0.1) is 0 Å². The number of nitrogens with two attached hydrogens (primary N) is 1. The summed E-state index contributed by atoms with van der Waals surface area (Å²) < 4.78 is 32.0.